The van der Waals surface area contributed by atoms with Crippen molar-refractivity contribution in [3.63, 3.8) is 0 Å². The van der Waals surface area contributed by atoms with E-state index in [0.29, 0.717) is 18.6 Å². The van der Waals surface area contributed by atoms with Crippen LogP contribution in [0.25, 0.3) is 11.1 Å². The summed E-state index contributed by atoms with van der Waals surface area (Å²) < 4.78 is 118. The van der Waals surface area contributed by atoms with Crippen molar-refractivity contribution >= 4 is 17.6 Å². The van der Waals surface area contributed by atoms with Gasteiger partial charge in [-0.3, -0.25) is 9.59 Å². The average Bonchev–Trinajstić information content (AvgIpc) is 2.97. The monoisotopic (exact) mass is 675 g/mol. The van der Waals surface area contributed by atoms with Crippen molar-refractivity contribution in [1.82, 2.24) is 9.88 Å². The Labute approximate surface area is 262 Å². The Morgan fingerprint density at radius 3 is 2.26 bits per heavy atom. The fourth-order valence-corrected chi connectivity index (χ4v) is 5.36. The third-order valence-corrected chi connectivity index (χ3v) is 7.86. The van der Waals surface area contributed by atoms with Crippen molar-refractivity contribution in [2.75, 3.05) is 11.9 Å². The Morgan fingerprint density at radius 1 is 1.06 bits per heavy atom. The maximum atomic E-state index is 14.8. The highest BCUT2D eigenvalue weighted by atomic mass is 19.4. The molecular formula is C31H29F8N3O5. The van der Waals surface area contributed by atoms with Crippen LogP contribution >= 0.6 is 0 Å². The number of rotatable bonds is 9. The van der Waals surface area contributed by atoms with Crippen LogP contribution < -0.4 is 20.9 Å². The molecule has 0 radical (unpaired) electrons. The van der Waals surface area contributed by atoms with Gasteiger partial charge in [-0.2, -0.15) is 26.3 Å². The molecule has 0 saturated heterocycles. The number of alkyl halides is 6. The van der Waals surface area contributed by atoms with E-state index in [0.717, 1.165) is 10.6 Å². The van der Waals surface area contributed by atoms with Crippen LogP contribution in [0.15, 0.2) is 35.1 Å². The van der Waals surface area contributed by atoms with Crippen molar-refractivity contribution in [3.8, 4) is 16.9 Å². The number of fused-ring (bicyclic) bond motifs is 1. The molecule has 2 atom stereocenters. The SMILES string of the molecule is CC[C@@H](Nc1cc(F)c(C(=O)N[C@@H](Cc2ccc(-c3c(C(F)(F)F)cc(C)n(C)c3=O)c3c2CCCO3)C(=O)O)c(F)c1)C(F)(F)F. The number of halogens is 8. The minimum atomic E-state index is -4.90. The van der Waals surface area contributed by atoms with Crippen molar-refractivity contribution in [1.29, 1.82) is 0 Å². The molecular weight excluding hydrogens is 646 g/mol. The van der Waals surface area contributed by atoms with E-state index in [4.69, 9.17) is 4.74 Å². The average molecular weight is 676 g/mol. The van der Waals surface area contributed by atoms with Crippen LogP contribution in [0.2, 0.25) is 0 Å². The van der Waals surface area contributed by atoms with Crippen LogP contribution in [0.4, 0.5) is 40.8 Å². The molecule has 2 heterocycles. The molecule has 0 aliphatic carbocycles. The fraction of sp³-hybridized carbons (Fsp3) is 0.387. The van der Waals surface area contributed by atoms with Crippen LogP contribution in [0.1, 0.15) is 52.5 Å². The minimum absolute atomic E-state index is 0.0581. The molecule has 1 amide bonds. The van der Waals surface area contributed by atoms with Gasteiger partial charge in [-0.25, -0.2) is 13.6 Å². The number of carbonyl (C=O) groups excluding carboxylic acids is 1. The summed E-state index contributed by atoms with van der Waals surface area (Å²) in [7, 11) is 1.31. The van der Waals surface area contributed by atoms with E-state index in [-0.39, 0.29) is 41.2 Å². The van der Waals surface area contributed by atoms with E-state index in [1.807, 2.05) is 10.6 Å². The third-order valence-electron chi connectivity index (χ3n) is 7.86. The zero-order valence-electron chi connectivity index (χ0n) is 25.1. The highest BCUT2D eigenvalue weighted by Crippen LogP contribution is 2.43. The zero-order valence-corrected chi connectivity index (χ0v) is 25.1. The number of ether oxygens (including phenoxy) is 1. The van der Waals surface area contributed by atoms with Crippen LogP contribution in [0, 0.1) is 18.6 Å². The number of hydrogen-bond donors (Lipinski definition) is 3. The number of nitrogens with zero attached hydrogens (tertiary/aromatic N) is 1. The normalized spacial score (nSPS) is 14.5. The predicted octanol–water partition coefficient (Wildman–Crippen LogP) is 6.16. The second kappa shape index (κ2) is 13.2. The summed E-state index contributed by atoms with van der Waals surface area (Å²) in [6.45, 7) is 2.63. The van der Waals surface area contributed by atoms with Gasteiger partial charge in [0.05, 0.1) is 17.7 Å². The second-order valence-corrected chi connectivity index (χ2v) is 11.0. The van der Waals surface area contributed by atoms with Crippen LogP contribution in [0.3, 0.4) is 0 Å². The standard InChI is InChI=1S/C31H29F8N3O5/c1-4-23(31(37,38)39)40-16-12-20(32)25(21(33)13-16)27(43)41-22(29(45)46)11-15-7-8-18(26-17(15)6-5-9-47-26)24-19(30(34,35)36)10-14(2)42(3)28(24)44/h7-8,10,12-13,22-23,40H,4-6,9,11H2,1-3H3,(H,41,43)(H,45,46)/t22-,23+/m0/s1. The summed E-state index contributed by atoms with van der Waals surface area (Å²) in [5.41, 5.74) is -4.24. The quantitative estimate of drug-likeness (QED) is 0.235. The van der Waals surface area contributed by atoms with Gasteiger partial charge < -0.3 is 25.0 Å². The number of aryl methyl sites for hydroxylation is 1. The first-order valence-corrected chi connectivity index (χ1v) is 14.3. The first-order valence-electron chi connectivity index (χ1n) is 14.3. The Hall–Kier alpha value is -4.63. The van der Waals surface area contributed by atoms with Gasteiger partial charge in [-0.15, -0.1) is 0 Å². The summed E-state index contributed by atoms with van der Waals surface area (Å²) in [5.74, 6) is -6.32. The van der Waals surface area contributed by atoms with E-state index in [1.54, 1.807) is 0 Å². The maximum Gasteiger partial charge on any atom is 0.417 e. The lowest BCUT2D eigenvalue weighted by molar-refractivity contribution is -0.143. The molecule has 1 aromatic heterocycles. The number of carboxylic acids is 1. The van der Waals surface area contributed by atoms with Gasteiger partial charge in [0, 0.05) is 30.4 Å². The summed E-state index contributed by atoms with van der Waals surface area (Å²) in [6, 6.07) is 0.290. The lowest BCUT2D eigenvalue weighted by Crippen LogP contribution is -2.43. The van der Waals surface area contributed by atoms with E-state index in [2.05, 4.69) is 0 Å². The number of amides is 1. The summed E-state index contributed by atoms with van der Waals surface area (Å²) in [4.78, 5) is 38.1. The smallest absolute Gasteiger partial charge is 0.417 e. The number of benzene rings is 2. The van der Waals surface area contributed by atoms with E-state index >= 15 is 0 Å². The fourth-order valence-electron chi connectivity index (χ4n) is 5.36. The predicted molar refractivity (Wildman–Crippen MR) is 153 cm³/mol. The number of carbonyl (C=O) groups is 2. The number of hydrogen-bond acceptors (Lipinski definition) is 5. The molecule has 0 spiro atoms. The van der Waals surface area contributed by atoms with Gasteiger partial charge in [0.25, 0.3) is 11.5 Å². The van der Waals surface area contributed by atoms with E-state index in [9.17, 15) is 54.6 Å². The summed E-state index contributed by atoms with van der Waals surface area (Å²) >= 11 is 0. The molecule has 2 aromatic carbocycles. The van der Waals surface area contributed by atoms with Crippen molar-refractivity contribution in [2.45, 2.75) is 64.0 Å². The maximum absolute atomic E-state index is 14.8. The first-order chi connectivity index (χ1) is 21.8. The molecule has 16 heteroatoms. The van der Waals surface area contributed by atoms with E-state index in [1.165, 1.54) is 33.0 Å². The molecule has 254 valence electrons. The number of aromatic nitrogens is 1. The summed E-state index contributed by atoms with van der Waals surface area (Å²) in [5, 5.41) is 13.8. The van der Waals surface area contributed by atoms with Crippen molar-refractivity contribution < 1.29 is 54.6 Å². The number of pyridine rings is 1. The number of carboxylic acid groups (broad SMARTS) is 1. The molecule has 0 bridgehead atoms. The Morgan fingerprint density at radius 2 is 1.70 bits per heavy atom. The number of aliphatic carboxylic acids is 1. The van der Waals surface area contributed by atoms with Crippen LogP contribution in [-0.4, -0.2) is 46.4 Å². The first kappa shape index (κ1) is 35.2. The van der Waals surface area contributed by atoms with Crippen LogP contribution in [-0.2, 0) is 30.9 Å². The minimum Gasteiger partial charge on any atom is -0.493 e. The highest BCUT2D eigenvalue weighted by Gasteiger charge is 2.39. The molecule has 3 aromatic rings. The molecule has 0 unspecified atom stereocenters. The molecule has 8 nitrogen and oxygen atoms in total. The largest absolute Gasteiger partial charge is 0.493 e. The molecule has 1 aliphatic rings. The van der Waals surface area contributed by atoms with Gasteiger partial charge in [0.1, 0.15) is 35.0 Å². The van der Waals surface area contributed by atoms with Gasteiger partial charge in [-0.1, -0.05) is 19.1 Å². The highest BCUT2D eigenvalue weighted by molar-refractivity contribution is 5.97. The molecule has 3 N–H and O–H groups in total. The van der Waals surface area contributed by atoms with Crippen molar-refractivity contribution in [3.05, 3.63) is 80.3 Å². The Balaban J connectivity index is 1.68. The van der Waals surface area contributed by atoms with Gasteiger partial charge in [0.2, 0.25) is 0 Å². The van der Waals surface area contributed by atoms with Crippen molar-refractivity contribution in [2.24, 2.45) is 7.05 Å². The Kier molecular flexibility index (Phi) is 9.92. The molecule has 4 rings (SSSR count). The van der Waals surface area contributed by atoms with Gasteiger partial charge in [-0.05, 0) is 55.5 Å². The molecule has 0 fully saturated rings. The molecule has 0 saturated carbocycles. The Bertz CT molecular complexity index is 1740. The second-order valence-electron chi connectivity index (χ2n) is 11.0. The van der Waals surface area contributed by atoms with Crippen LogP contribution in [0.5, 0.6) is 5.75 Å². The van der Waals surface area contributed by atoms with E-state index < -0.39 is 88.7 Å². The lowest BCUT2D eigenvalue weighted by Gasteiger charge is -2.26. The number of anilines is 1. The molecule has 47 heavy (non-hydrogen) atoms. The molecule has 1 aliphatic heterocycles. The van der Waals surface area contributed by atoms with Gasteiger partial charge >= 0.3 is 18.3 Å². The number of nitrogens with one attached hydrogen (secondary N) is 2. The zero-order chi connectivity index (χ0) is 35.0. The third kappa shape index (κ3) is 7.36. The van der Waals surface area contributed by atoms with Gasteiger partial charge in [0.15, 0.2) is 0 Å². The lowest BCUT2D eigenvalue weighted by atomic mass is 9.89. The summed E-state index contributed by atoms with van der Waals surface area (Å²) in [6.07, 6.45) is -10.0. The topological polar surface area (TPSA) is 110 Å².